The van der Waals surface area contributed by atoms with Crippen molar-refractivity contribution in [2.45, 2.75) is 24.9 Å². The lowest BCUT2D eigenvalue weighted by Crippen LogP contribution is -2.44. The highest BCUT2D eigenvalue weighted by Crippen LogP contribution is 2.28. The Kier molecular flexibility index (Phi) is 3.80. The van der Waals surface area contributed by atoms with E-state index in [1.54, 1.807) is 0 Å². The number of rotatable bonds is 2. The number of hydrogen-bond donors (Lipinski definition) is 1. The van der Waals surface area contributed by atoms with Gasteiger partial charge in [0.2, 0.25) is 5.91 Å². The molecule has 1 fully saturated rings. The van der Waals surface area contributed by atoms with Crippen LogP contribution < -0.4 is 5.32 Å². The summed E-state index contributed by atoms with van der Waals surface area (Å²) in [5.41, 5.74) is 2.48. The van der Waals surface area contributed by atoms with Crippen LogP contribution in [0.4, 0.5) is 0 Å². The zero-order valence-electron chi connectivity index (χ0n) is 11.3. The van der Waals surface area contributed by atoms with Crippen molar-refractivity contribution < 1.29 is 4.79 Å². The average Bonchev–Trinajstić information content (AvgIpc) is 2.99. The summed E-state index contributed by atoms with van der Waals surface area (Å²) >= 11 is 1.95. The van der Waals surface area contributed by atoms with E-state index in [1.165, 1.54) is 16.9 Å². The normalized spacial score (nSPS) is 25.9. The van der Waals surface area contributed by atoms with Gasteiger partial charge in [-0.25, -0.2) is 0 Å². The summed E-state index contributed by atoms with van der Waals surface area (Å²) in [5.74, 6) is 2.53. The molecule has 2 heterocycles. The highest BCUT2D eigenvalue weighted by Gasteiger charge is 2.32. The molecule has 4 heteroatoms. The van der Waals surface area contributed by atoms with Crippen LogP contribution in [0.2, 0.25) is 0 Å². The average molecular weight is 276 g/mol. The van der Waals surface area contributed by atoms with Gasteiger partial charge >= 0.3 is 0 Å². The van der Waals surface area contributed by atoms with Gasteiger partial charge in [0.1, 0.15) is 0 Å². The van der Waals surface area contributed by atoms with Crippen molar-refractivity contribution in [2.75, 3.05) is 25.1 Å². The fourth-order valence-electron chi connectivity index (χ4n) is 2.97. The Labute approximate surface area is 118 Å². The van der Waals surface area contributed by atoms with E-state index in [4.69, 9.17) is 0 Å². The third-order valence-electron chi connectivity index (χ3n) is 4.19. The SMILES string of the molecule is CN(C(=O)C1CNCc2ccccc21)C1CCSC1. The third-order valence-corrected chi connectivity index (χ3v) is 5.34. The number of fused-ring (bicyclic) bond motifs is 1. The summed E-state index contributed by atoms with van der Waals surface area (Å²) in [5, 5.41) is 3.36. The number of nitrogens with zero attached hydrogens (tertiary/aromatic N) is 1. The molecule has 102 valence electrons. The maximum Gasteiger partial charge on any atom is 0.231 e. The molecule has 2 aliphatic rings. The third kappa shape index (κ3) is 2.51. The quantitative estimate of drug-likeness (QED) is 0.894. The summed E-state index contributed by atoms with van der Waals surface area (Å²) in [6.07, 6.45) is 1.13. The molecule has 3 nitrogen and oxygen atoms in total. The summed E-state index contributed by atoms with van der Waals surface area (Å²) in [7, 11) is 1.97. The van der Waals surface area contributed by atoms with Gasteiger partial charge in [0.25, 0.3) is 0 Å². The Morgan fingerprint density at radius 3 is 3.05 bits per heavy atom. The fourth-order valence-corrected chi connectivity index (χ4v) is 4.24. The van der Waals surface area contributed by atoms with Gasteiger partial charge in [-0.2, -0.15) is 11.8 Å². The monoisotopic (exact) mass is 276 g/mol. The highest BCUT2D eigenvalue weighted by molar-refractivity contribution is 7.99. The lowest BCUT2D eigenvalue weighted by Gasteiger charge is -2.32. The van der Waals surface area contributed by atoms with E-state index in [1.807, 2.05) is 35.8 Å². The summed E-state index contributed by atoms with van der Waals surface area (Å²) in [6.45, 7) is 1.64. The fraction of sp³-hybridized carbons (Fsp3) is 0.533. The Morgan fingerprint density at radius 1 is 1.42 bits per heavy atom. The molecule has 0 spiro atoms. The molecule has 1 saturated heterocycles. The predicted octanol–water partition coefficient (Wildman–Crippen LogP) is 1.84. The minimum atomic E-state index is -0.0134. The van der Waals surface area contributed by atoms with E-state index in [0.29, 0.717) is 6.04 Å². The van der Waals surface area contributed by atoms with E-state index in [0.717, 1.165) is 25.3 Å². The van der Waals surface area contributed by atoms with Crippen LogP contribution in [0, 0.1) is 0 Å². The molecule has 0 radical (unpaired) electrons. The van der Waals surface area contributed by atoms with Gasteiger partial charge in [0.05, 0.1) is 5.92 Å². The van der Waals surface area contributed by atoms with Crippen LogP contribution >= 0.6 is 11.8 Å². The predicted molar refractivity (Wildman–Crippen MR) is 79.4 cm³/mol. The van der Waals surface area contributed by atoms with Gasteiger partial charge in [-0.1, -0.05) is 24.3 Å². The van der Waals surface area contributed by atoms with Crippen LogP contribution in [0.5, 0.6) is 0 Å². The maximum absolute atomic E-state index is 12.7. The lowest BCUT2D eigenvalue weighted by atomic mass is 9.89. The van der Waals surface area contributed by atoms with Gasteiger partial charge in [0.15, 0.2) is 0 Å². The number of benzene rings is 1. The number of carbonyl (C=O) groups is 1. The molecule has 3 rings (SSSR count). The molecule has 2 aliphatic heterocycles. The van der Waals surface area contributed by atoms with E-state index in [-0.39, 0.29) is 11.8 Å². The Balaban J connectivity index is 1.80. The first-order valence-corrected chi connectivity index (χ1v) is 8.06. The second-order valence-corrected chi connectivity index (χ2v) is 6.50. The molecule has 2 atom stereocenters. The van der Waals surface area contributed by atoms with E-state index in [9.17, 15) is 4.79 Å². The van der Waals surface area contributed by atoms with Crippen molar-refractivity contribution in [1.29, 1.82) is 0 Å². The van der Waals surface area contributed by atoms with Crippen LogP contribution in [0.3, 0.4) is 0 Å². The van der Waals surface area contributed by atoms with Crippen LogP contribution in [0.15, 0.2) is 24.3 Å². The zero-order valence-corrected chi connectivity index (χ0v) is 12.1. The number of carbonyl (C=O) groups excluding carboxylic acids is 1. The molecule has 1 amide bonds. The Bertz CT molecular complexity index is 471. The van der Waals surface area contributed by atoms with Crippen molar-refractivity contribution in [3.8, 4) is 0 Å². The first-order chi connectivity index (χ1) is 9.27. The number of thioether (sulfide) groups is 1. The number of likely N-dealkylation sites (N-methyl/N-ethyl adjacent to an activating group) is 1. The smallest absolute Gasteiger partial charge is 0.231 e. The molecule has 1 aromatic carbocycles. The van der Waals surface area contributed by atoms with Gasteiger partial charge in [-0.3, -0.25) is 4.79 Å². The van der Waals surface area contributed by atoms with Crippen molar-refractivity contribution in [1.82, 2.24) is 10.2 Å². The van der Waals surface area contributed by atoms with Gasteiger partial charge in [-0.05, 0) is 23.3 Å². The summed E-state index contributed by atoms with van der Waals surface area (Å²) in [4.78, 5) is 14.7. The topological polar surface area (TPSA) is 32.3 Å². The molecule has 0 aromatic heterocycles. The second-order valence-electron chi connectivity index (χ2n) is 5.35. The molecule has 1 N–H and O–H groups in total. The van der Waals surface area contributed by atoms with E-state index in [2.05, 4.69) is 17.4 Å². The van der Waals surface area contributed by atoms with Crippen molar-refractivity contribution in [3.05, 3.63) is 35.4 Å². The van der Waals surface area contributed by atoms with Crippen LogP contribution in [0.25, 0.3) is 0 Å². The molecular weight excluding hydrogens is 256 g/mol. The number of hydrogen-bond acceptors (Lipinski definition) is 3. The highest BCUT2D eigenvalue weighted by atomic mass is 32.2. The van der Waals surface area contributed by atoms with Crippen molar-refractivity contribution >= 4 is 17.7 Å². The molecule has 2 unspecified atom stereocenters. The van der Waals surface area contributed by atoms with Crippen molar-refractivity contribution in [3.63, 3.8) is 0 Å². The maximum atomic E-state index is 12.7. The first-order valence-electron chi connectivity index (χ1n) is 6.90. The van der Waals surface area contributed by atoms with E-state index < -0.39 is 0 Å². The van der Waals surface area contributed by atoms with Crippen LogP contribution in [-0.4, -0.2) is 41.9 Å². The molecule has 0 saturated carbocycles. The summed E-state index contributed by atoms with van der Waals surface area (Å²) in [6, 6.07) is 8.73. The molecule has 0 aliphatic carbocycles. The molecule has 1 aromatic rings. The first kappa shape index (κ1) is 13.0. The van der Waals surface area contributed by atoms with Gasteiger partial charge in [-0.15, -0.1) is 0 Å². The van der Waals surface area contributed by atoms with E-state index >= 15 is 0 Å². The van der Waals surface area contributed by atoms with Gasteiger partial charge < -0.3 is 10.2 Å². The largest absolute Gasteiger partial charge is 0.341 e. The second kappa shape index (κ2) is 5.55. The Hall–Kier alpha value is -1.00. The lowest BCUT2D eigenvalue weighted by molar-refractivity contribution is -0.133. The molecular formula is C15H20N2OS. The number of nitrogens with one attached hydrogen (secondary N) is 1. The standard InChI is InChI=1S/C15H20N2OS/c1-17(12-6-7-19-10-12)15(18)14-9-16-8-11-4-2-3-5-13(11)14/h2-5,12,14,16H,6-10H2,1H3. The molecule has 0 bridgehead atoms. The minimum absolute atomic E-state index is 0.0134. The number of amides is 1. The van der Waals surface area contributed by atoms with Crippen molar-refractivity contribution in [2.24, 2.45) is 0 Å². The minimum Gasteiger partial charge on any atom is -0.341 e. The zero-order chi connectivity index (χ0) is 13.2. The molecule has 19 heavy (non-hydrogen) atoms. The van der Waals surface area contributed by atoms with Crippen LogP contribution in [-0.2, 0) is 11.3 Å². The van der Waals surface area contributed by atoms with Crippen LogP contribution in [0.1, 0.15) is 23.5 Å². The summed E-state index contributed by atoms with van der Waals surface area (Å²) < 4.78 is 0. The van der Waals surface area contributed by atoms with Gasteiger partial charge in [0, 0.05) is 31.9 Å². The Morgan fingerprint density at radius 2 is 2.26 bits per heavy atom.